The molecule has 6 heteroatoms. The van der Waals surface area contributed by atoms with Crippen LogP contribution in [0.4, 0.5) is 0 Å². The molecule has 1 heterocycles. The smallest absolute Gasteiger partial charge is 0.254 e. The molecule has 1 amide bonds. The fourth-order valence-corrected chi connectivity index (χ4v) is 2.74. The molecule has 0 radical (unpaired) electrons. The highest BCUT2D eigenvalue weighted by Gasteiger charge is 2.59. The fraction of sp³-hybridized carbons (Fsp3) is 0.733. The second-order valence-corrected chi connectivity index (χ2v) is 6.17. The molecule has 2 unspecified atom stereocenters. The first-order chi connectivity index (χ1) is 9.84. The first-order valence-electron chi connectivity index (χ1n) is 7.48. The Labute approximate surface area is 125 Å². The Balaban J connectivity index is 1.92. The topological polar surface area (TPSA) is 76.4 Å². The molecule has 0 saturated heterocycles. The van der Waals surface area contributed by atoms with Crippen LogP contribution in [0.5, 0.6) is 0 Å². The number of hydrogen-bond donors (Lipinski definition) is 2. The molecule has 2 atom stereocenters. The van der Waals surface area contributed by atoms with Crippen molar-refractivity contribution in [3.05, 3.63) is 18.0 Å². The van der Waals surface area contributed by atoms with E-state index < -0.39 is 5.60 Å². The summed E-state index contributed by atoms with van der Waals surface area (Å²) in [5.41, 5.74) is -0.786. The zero-order chi connectivity index (χ0) is 15.7. The number of carbonyl (C=O) groups excluding carboxylic acids is 1. The fourth-order valence-electron chi connectivity index (χ4n) is 2.74. The maximum absolute atomic E-state index is 12.1. The minimum atomic E-state index is -0.927. The van der Waals surface area contributed by atoms with Gasteiger partial charge in [0.1, 0.15) is 0 Å². The Morgan fingerprint density at radius 1 is 1.57 bits per heavy atom. The largest absolute Gasteiger partial charge is 0.387 e. The van der Waals surface area contributed by atoms with Gasteiger partial charge >= 0.3 is 0 Å². The van der Waals surface area contributed by atoms with Crippen LogP contribution < -0.4 is 5.32 Å². The Kier molecular flexibility index (Phi) is 4.39. The van der Waals surface area contributed by atoms with Gasteiger partial charge in [0.2, 0.25) is 0 Å². The van der Waals surface area contributed by atoms with Gasteiger partial charge in [-0.15, -0.1) is 0 Å². The molecule has 6 nitrogen and oxygen atoms in total. The van der Waals surface area contributed by atoms with Crippen molar-refractivity contribution in [3.63, 3.8) is 0 Å². The van der Waals surface area contributed by atoms with E-state index in [0.717, 1.165) is 6.54 Å². The van der Waals surface area contributed by atoms with Crippen LogP contribution >= 0.6 is 0 Å². The maximum Gasteiger partial charge on any atom is 0.254 e. The van der Waals surface area contributed by atoms with Crippen LogP contribution in [0.3, 0.4) is 0 Å². The molecular formula is C15H25N3O3. The SMILES string of the molecule is CCOC1CC(O)(CNC(=O)c2cnn(CC)c2)C1(C)C. The van der Waals surface area contributed by atoms with E-state index in [0.29, 0.717) is 18.6 Å². The van der Waals surface area contributed by atoms with E-state index in [2.05, 4.69) is 10.4 Å². The summed E-state index contributed by atoms with van der Waals surface area (Å²) in [6.07, 6.45) is 3.82. The quantitative estimate of drug-likeness (QED) is 0.827. The Hall–Kier alpha value is -1.40. The van der Waals surface area contributed by atoms with Gasteiger partial charge < -0.3 is 15.2 Å². The molecule has 1 aliphatic carbocycles. The summed E-state index contributed by atoms with van der Waals surface area (Å²) in [6.45, 7) is 9.42. The van der Waals surface area contributed by atoms with Gasteiger partial charge in [0.15, 0.2) is 0 Å². The van der Waals surface area contributed by atoms with Crippen molar-refractivity contribution < 1.29 is 14.6 Å². The predicted molar refractivity (Wildman–Crippen MR) is 79.0 cm³/mol. The highest BCUT2D eigenvalue weighted by atomic mass is 16.5. The highest BCUT2D eigenvalue weighted by Crippen LogP contribution is 2.50. The molecule has 1 saturated carbocycles. The molecule has 1 aromatic heterocycles. The monoisotopic (exact) mass is 295 g/mol. The number of aromatic nitrogens is 2. The second-order valence-electron chi connectivity index (χ2n) is 6.17. The number of nitrogens with zero attached hydrogens (tertiary/aromatic N) is 2. The average Bonchev–Trinajstić information content (AvgIpc) is 2.93. The minimum absolute atomic E-state index is 0.0345. The minimum Gasteiger partial charge on any atom is -0.387 e. The molecule has 1 aliphatic rings. The molecule has 0 aromatic carbocycles. The van der Waals surface area contributed by atoms with Gasteiger partial charge in [-0.2, -0.15) is 5.10 Å². The molecule has 0 spiro atoms. The lowest BCUT2D eigenvalue weighted by Gasteiger charge is -2.57. The van der Waals surface area contributed by atoms with E-state index in [4.69, 9.17) is 4.74 Å². The molecule has 1 aromatic rings. The molecule has 2 rings (SSSR count). The van der Waals surface area contributed by atoms with Crippen LogP contribution in [-0.2, 0) is 11.3 Å². The number of ether oxygens (including phenoxy) is 1. The van der Waals surface area contributed by atoms with Crippen molar-refractivity contribution in [2.24, 2.45) is 5.41 Å². The van der Waals surface area contributed by atoms with E-state index >= 15 is 0 Å². The van der Waals surface area contributed by atoms with Crippen LogP contribution in [-0.4, -0.2) is 45.7 Å². The van der Waals surface area contributed by atoms with Gasteiger partial charge in [0.25, 0.3) is 5.91 Å². The predicted octanol–water partition coefficient (Wildman–Crippen LogP) is 1.20. The molecule has 1 fully saturated rings. The first kappa shape index (κ1) is 16.0. The number of carbonyl (C=O) groups is 1. The van der Waals surface area contributed by atoms with Gasteiger partial charge in [-0.1, -0.05) is 13.8 Å². The van der Waals surface area contributed by atoms with E-state index in [9.17, 15) is 9.90 Å². The zero-order valence-electron chi connectivity index (χ0n) is 13.2. The highest BCUT2D eigenvalue weighted by molar-refractivity contribution is 5.93. The molecular weight excluding hydrogens is 270 g/mol. The number of rotatable bonds is 6. The Morgan fingerprint density at radius 2 is 2.29 bits per heavy atom. The zero-order valence-corrected chi connectivity index (χ0v) is 13.2. The van der Waals surface area contributed by atoms with Crippen LogP contribution in [0.1, 0.15) is 44.5 Å². The molecule has 118 valence electrons. The van der Waals surface area contributed by atoms with E-state index in [1.54, 1.807) is 10.9 Å². The number of aryl methyl sites for hydroxylation is 1. The molecule has 2 N–H and O–H groups in total. The second kappa shape index (κ2) is 5.77. The van der Waals surface area contributed by atoms with Crippen LogP contribution in [0.25, 0.3) is 0 Å². The van der Waals surface area contributed by atoms with Crippen molar-refractivity contribution in [3.8, 4) is 0 Å². The summed E-state index contributed by atoms with van der Waals surface area (Å²) in [5.74, 6) is -0.209. The van der Waals surface area contributed by atoms with Crippen molar-refractivity contribution in [1.29, 1.82) is 0 Å². The number of amides is 1. The van der Waals surface area contributed by atoms with Crippen molar-refractivity contribution >= 4 is 5.91 Å². The summed E-state index contributed by atoms with van der Waals surface area (Å²) in [4.78, 5) is 12.1. The first-order valence-corrected chi connectivity index (χ1v) is 7.48. The third kappa shape index (κ3) is 2.82. The summed E-state index contributed by atoms with van der Waals surface area (Å²) in [6, 6.07) is 0. The van der Waals surface area contributed by atoms with Gasteiger partial charge in [-0.25, -0.2) is 0 Å². The number of nitrogens with one attached hydrogen (secondary N) is 1. The van der Waals surface area contributed by atoms with Gasteiger partial charge in [-0.05, 0) is 13.8 Å². The van der Waals surface area contributed by atoms with Gasteiger partial charge in [-0.3, -0.25) is 9.48 Å². The van der Waals surface area contributed by atoms with Crippen molar-refractivity contribution in [2.45, 2.75) is 52.4 Å². The lowest BCUT2D eigenvalue weighted by atomic mass is 9.56. The van der Waals surface area contributed by atoms with E-state index in [1.165, 1.54) is 6.20 Å². The average molecular weight is 295 g/mol. The van der Waals surface area contributed by atoms with E-state index in [-0.39, 0.29) is 24.0 Å². The Bertz CT molecular complexity index is 512. The van der Waals surface area contributed by atoms with Crippen LogP contribution in [0, 0.1) is 5.41 Å². The number of hydrogen-bond acceptors (Lipinski definition) is 4. The molecule has 0 bridgehead atoms. The van der Waals surface area contributed by atoms with Crippen LogP contribution in [0.15, 0.2) is 12.4 Å². The third-order valence-corrected chi connectivity index (χ3v) is 4.66. The van der Waals surface area contributed by atoms with Crippen molar-refractivity contribution in [1.82, 2.24) is 15.1 Å². The summed E-state index contributed by atoms with van der Waals surface area (Å²) < 4.78 is 7.31. The van der Waals surface area contributed by atoms with Crippen molar-refractivity contribution in [2.75, 3.05) is 13.2 Å². The maximum atomic E-state index is 12.1. The van der Waals surface area contributed by atoms with Gasteiger partial charge in [0, 0.05) is 37.7 Å². The van der Waals surface area contributed by atoms with Crippen LogP contribution in [0.2, 0.25) is 0 Å². The van der Waals surface area contributed by atoms with Gasteiger partial charge in [0.05, 0.1) is 23.5 Å². The number of aliphatic hydroxyl groups is 1. The Morgan fingerprint density at radius 3 is 2.81 bits per heavy atom. The lowest BCUT2D eigenvalue weighted by molar-refractivity contribution is -0.237. The standard InChI is InChI=1S/C15H25N3O3/c1-5-18-9-11(8-17-18)13(19)16-10-15(20)7-12(21-6-2)14(15,3)4/h8-9,12,20H,5-7,10H2,1-4H3,(H,16,19). The summed E-state index contributed by atoms with van der Waals surface area (Å²) in [7, 11) is 0. The summed E-state index contributed by atoms with van der Waals surface area (Å²) >= 11 is 0. The third-order valence-electron chi connectivity index (χ3n) is 4.66. The summed E-state index contributed by atoms with van der Waals surface area (Å²) in [5, 5.41) is 17.5. The molecule has 0 aliphatic heterocycles. The normalized spacial score (nSPS) is 27.2. The molecule has 21 heavy (non-hydrogen) atoms. The van der Waals surface area contributed by atoms with E-state index in [1.807, 2.05) is 27.7 Å². The lowest BCUT2D eigenvalue weighted by Crippen LogP contribution is -2.68.